The van der Waals surface area contributed by atoms with Gasteiger partial charge in [-0.3, -0.25) is 0 Å². The van der Waals surface area contributed by atoms with Gasteiger partial charge in [0.05, 0.1) is 36.6 Å². The van der Waals surface area contributed by atoms with Crippen LogP contribution in [0.4, 0.5) is 0 Å². The summed E-state index contributed by atoms with van der Waals surface area (Å²) in [5.41, 5.74) is 0.127. The average molecular weight is 351 g/mol. The molecule has 0 radical (unpaired) electrons. The fourth-order valence-corrected chi connectivity index (χ4v) is 6.15. The lowest BCUT2D eigenvalue weighted by molar-refractivity contribution is -0.235. The molecule has 4 aliphatic rings. The van der Waals surface area contributed by atoms with Crippen molar-refractivity contribution in [3.05, 3.63) is 0 Å². The monoisotopic (exact) mass is 350 g/mol. The smallest absolute Gasteiger partial charge is 0.0837 e. The summed E-state index contributed by atoms with van der Waals surface area (Å²) >= 11 is 0. The van der Waals surface area contributed by atoms with Gasteiger partial charge in [-0.05, 0) is 37.5 Å². The lowest BCUT2D eigenvalue weighted by atomic mass is 9.67. The summed E-state index contributed by atoms with van der Waals surface area (Å²) in [5.74, 6) is 1.42. The van der Waals surface area contributed by atoms with Crippen LogP contribution in [0.5, 0.6) is 0 Å². The van der Waals surface area contributed by atoms with Crippen LogP contribution < -0.4 is 0 Å². The third-order valence-electron chi connectivity index (χ3n) is 7.64. The summed E-state index contributed by atoms with van der Waals surface area (Å²) in [6.07, 6.45) is 16.3. The minimum Gasteiger partial charge on any atom is -0.373 e. The molecule has 3 nitrogen and oxygen atoms in total. The zero-order valence-corrected chi connectivity index (χ0v) is 16.4. The van der Waals surface area contributed by atoms with Crippen molar-refractivity contribution in [3.63, 3.8) is 0 Å². The molecule has 3 heteroatoms. The first-order valence-corrected chi connectivity index (χ1v) is 11.1. The number of hydrogen-bond donors (Lipinski definition) is 0. The SMILES string of the molecule is CCC1CCCCC1(CC1CO1)OC1(CC2CO2)CCCCC1CC. The Balaban J connectivity index is 1.61. The Morgan fingerprint density at radius 2 is 1.20 bits per heavy atom. The molecule has 2 saturated carbocycles. The summed E-state index contributed by atoms with van der Waals surface area (Å²) in [7, 11) is 0. The molecular weight excluding hydrogens is 312 g/mol. The highest BCUT2D eigenvalue weighted by molar-refractivity contribution is 5.03. The van der Waals surface area contributed by atoms with E-state index in [1.165, 1.54) is 64.2 Å². The van der Waals surface area contributed by atoms with Crippen LogP contribution in [0, 0.1) is 11.8 Å². The maximum Gasteiger partial charge on any atom is 0.0837 e. The van der Waals surface area contributed by atoms with Gasteiger partial charge in [-0.15, -0.1) is 0 Å². The third-order valence-corrected chi connectivity index (χ3v) is 7.64. The van der Waals surface area contributed by atoms with E-state index in [0.717, 1.165) is 26.1 Å². The van der Waals surface area contributed by atoms with Crippen LogP contribution in [0.2, 0.25) is 0 Å². The minimum atomic E-state index is 0.0633. The van der Waals surface area contributed by atoms with Crippen molar-refractivity contribution in [1.29, 1.82) is 0 Å². The summed E-state index contributed by atoms with van der Waals surface area (Å²) in [6, 6.07) is 0. The molecule has 6 atom stereocenters. The van der Waals surface area contributed by atoms with Gasteiger partial charge in [0.15, 0.2) is 0 Å². The van der Waals surface area contributed by atoms with Gasteiger partial charge in [-0.1, -0.05) is 52.4 Å². The molecule has 0 N–H and O–H groups in total. The molecule has 4 fully saturated rings. The van der Waals surface area contributed by atoms with E-state index in [2.05, 4.69) is 13.8 Å². The highest BCUT2D eigenvalue weighted by Crippen LogP contribution is 2.52. The molecule has 2 heterocycles. The van der Waals surface area contributed by atoms with Crippen LogP contribution in [-0.2, 0) is 14.2 Å². The normalized spacial score (nSPS) is 46.8. The molecule has 2 aliphatic heterocycles. The number of epoxide rings is 2. The van der Waals surface area contributed by atoms with Gasteiger partial charge in [0.1, 0.15) is 0 Å². The van der Waals surface area contributed by atoms with Crippen LogP contribution in [0.25, 0.3) is 0 Å². The molecular formula is C22H38O3. The molecule has 6 unspecified atom stereocenters. The van der Waals surface area contributed by atoms with E-state index in [1.807, 2.05) is 0 Å². The second-order valence-corrected chi connectivity index (χ2v) is 9.25. The molecule has 0 bridgehead atoms. The Hall–Kier alpha value is -0.120. The van der Waals surface area contributed by atoms with E-state index in [0.29, 0.717) is 24.0 Å². The Kier molecular flexibility index (Phi) is 5.46. The van der Waals surface area contributed by atoms with Crippen molar-refractivity contribution in [2.45, 2.75) is 114 Å². The summed E-state index contributed by atoms with van der Waals surface area (Å²) < 4.78 is 18.8. The zero-order valence-electron chi connectivity index (χ0n) is 16.4. The molecule has 0 aromatic rings. The first-order valence-electron chi connectivity index (χ1n) is 11.1. The summed E-state index contributed by atoms with van der Waals surface area (Å²) in [4.78, 5) is 0. The standard InChI is InChI=1S/C22H38O3/c1-3-17-9-5-7-11-21(17,13-19-15-23-19)25-22(14-20-16-24-20)12-8-6-10-18(22)4-2/h17-20H,3-16H2,1-2H3. The van der Waals surface area contributed by atoms with Crippen LogP contribution in [-0.4, -0.2) is 36.6 Å². The summed E-state index contributed by atoms with van der Waals surface area (Å²) in [6.45, 7) is 6.66. The fraction of sp³-hybridized carbons (Fsp3) is 1.00. The lowest BCUT2D eigenvalue weighted by Crippen LogP contribution is -2.55. The number of rotatable bonds is 8. The van der Waals surface area contributed by atoms with Gasteiger partial charge in [-0.2, -0.15) is 0 Å². The first-order chi connectivity index (χ1) is 12.2. The predicted molar refractivity (Wildman–Crippen MR) is 99.8 cm³/mol. The molecule has 0 aromatic carbocycles. The fourth-order valence-electron chi connectivity index (χ4n) is 6.15. The zero-order chi connectivity index (χ0) is 17.3. The van der Waals surface area contributed by atoms with Crippen molar-refractivity contribution in [1.82, 2.24) is 0 Å². The minimum absolute atomic E-state index is 0.0633. The molecule has 25 heavy (non-hydrogen) atoms. The molecule has 0 aromatic heterocycles. The highest BCUT2D eigenvalue weighted by Gasteiger charge is 2.53. The second-order valence-electron chi connectivity index (χ2n) is 9.25. The molecule has 144 valence electrons. The van der Waals surface area contributed by atoms with Crippen molar-refractivity contribution in [2.24, 2.45) is 11.8 Å². The van der Waals surface area contributed by atoms with Crippen LogP contribution in [0.15, 0.2) is 0 Å². The van der Waals surface area contributed by atoms with Gasteiger partial charge >= 0.3 is 0 Å². The van der Waals surface area contributed by atoms with E-state index >= 15 is 0 Å². The van der Waals surface area contributed by atoms with E-state index in [9.17, 15) is 0 Å². The number of ether oxygens (including phenoxy) is 3. The molecule has 2 saturated heterocycles. The van der Waals surface area contributed by atoms with E-state index in [-0.39, 0.29) is 11.2 Å². The Bertz CT molecular complexity index is 405. The Labute approximate surface area is 154 Å². The van der Waals surface area contributed by atoms with Crippen molar-refractivity contribution >= 4 is 0 Å². The van der Waals surface area contributed by atoms with Crippen LogP contribution in [0.1, 0.15) is 90.9 Å². The lowest BCUT2D eigenvalue weighted by Gasteiger charge is -2.54. The van der Waals surface area contributed by atoms with Gasteiger partial charge in [-0.25, -0.2) is 0 Å². The summed E-state index contributed by atoms with van der Waals surface area (Å²) in [5, 5.41) is 0. The highest BCUT2D eigenvalue weighted by atomic mass is 16.6. The second kappa shape index (κ2) is 7.48. The van der Waals surface area contributed by atoms with Crippen molar-refractivity contribution in [2.75, 3.05) is 13.2 Å². The van der Waals surface area contributed by atoms with E-state index in [1.54, 1.807) is 0 Å². The molecule has 0 spiro atoms. The third kappa shape index (κ3) is 3.94. The quantitative estimate of drug-likeness (QED) is 0.560. The maximum absolute atomic E-state index is 7.46. The Morgan fingerprint density at radius 1 is 0.760 bits per heavy atom. The number of hydrogen-bond acceptors (Lipinski definition) is 3. The largest absolute Gasteiger partial charge is 0.373 e. The van der Waals surface area contributed by atoms with Crippen LogP contribution in [0.3, 0.4) is 0 Å². The van der Waals surface area contributed by atoms with Gasteiger partial charge in [0.25, 0.3) is 0 Å². The molecule has 2 aliphatic carbocycles. The Morgan fingerprint density at radius 3 is 1.56 bits per heavy atom. The average Bonchev–Trinajstić information content (AvgIpc) is 3.53. The van der Waals surface area contributed by atoms with Crippen molar-refractivity contribution < 1.29 is 14.2 Å². The topological polar surface area (TPSA) is 34.3 Å². The first kappa shape index (κ1) is 18.3. The molecule has 4 rings (SSSR count). The van der Waals surface area contributed by atoms with Crippen molar-refractivity contribution in [3.8, 4) is 0 Å². The van der Waals surface area contributed by atoms with Crippen LogP contribution >= 0.6 is 0 Å². The molecule has 0 amide bonds. The van der Waals surface area contributed by atoms with E-state index in [4.69, 9.17) is 14.2 Å². The van der Waals surface area contributed by atoms with Gasteiger partial charge in [0.2, 0.25) is 0 Å². The maximum atomic E-state index is 7.46. The van der Waals surface area contributed by atoms with Gasteiger partial charge in [0, 0.05) is 12.8 Å². The predicted octanol–water partition coefficient (Wildman–Crippen LogP) is 5.26. The van der Waals surface area contributed by atoms with E-state index < -0.39 is 0 Å². The van der Waals surface area contributed by atoms with Gasteiger partial charge < -0.3 is 14.2 Å².